The first-order chi connectivity index (χ1) is 14.8. The Morgan fingerprint density at radius 2 is 1.94 bits per heavy atom. The Morgan fingerprint density at radius 1 is 1.23 bits per heavy atom. The van der Waals surface area contributed by atoms with Gasteiger partial charge >= 0.3 is 0 Å². The minimum absolute atomic E-state index is 0.0711. The van der Waals surface area contributed by atoms with Crippen LogP contribution in [-0.4, -0.2) is 34.8 Å². The number of nitrogens with zero attached hydrogens (tertiary/aromatic N) is 2. The van der Waals surface area contributed by atoms with Crippen molar-refractivity contribution in [2.45, 2.75) is 46.0 Å². The Morgan fingerprint density at radius 3 is 2.58 bits per heavy atom. The summed E-state index contributed by atoms with van der Waals surface area (Å²) in [6.45, 7) is 4.95. The number of halogens is 1. The van der Waals surface area contributed by atoms with Gasteiger partial charge in [0.05, 0.1) is 10.6 Å². The Kier molecular flexibility index (Phi) is 7.13. The predicted molar refractivity (Wildman–Crippen MR) is 119 cm³/mol. The zero-order chi connectivity index (χ0) is 22.5. The highest BCUT2D eigenvalue weighted by molar-refractivity contribution is 6.34. The fraction of sp³-hybridized carbons (Fsp3) is 0.391. The van der Waals surface area contributed by atoms with Gasteiger partial charge in [-0.05, 0) is 68.9 Å². The fourth-order valence-electron chi connectivity index (χ4n) is 3.92. The predicted octanol–water partition coefficient (Wildman–Crippen LogP) is 3.71. The van der Waals surface area contributed by atoms with Gasteiger partial charge in [0.25, 0.3) is 11.5 Å². The van der Waals surface area contributed by atoms with Crippen LogP contribution in [0.3, 0.4) is 0 Å². The number of likely N-dealkylation sites (tertiary alicyclic amines) is 1. The lowest BCUT2D eigenvalue weighted by atomic mass is 9.99. The third-order valence-corrected chi connectivity index (χ3v) is 5.96. The van der Waals surface area contributed by atoms with Crippen molar-refractivity contribution in [3.05, 3.63) is 61.5 Å². The second-order valence-corrected chi connectivity index (χ2v) is 8.17. The molecule has 1 aromatic heterocycles. The molecule has 1 aromatic carbocycles. The number of anilines is 1. The number of rotatable bonds is 5. The van der Waals surface area contributed by atoms with E-state index in [0.717, 1.165) is 37.9 Å². The Labute approximate surface area is 186 Å². The van der Waals surface area contributed by atoms with Gasteiger partial charge in [-0.25, -0.2) is 0 Å². The second kappa shape index (κ2) is 9.80. The fourth-order valence-corrected chi connectivity index (χ4v) is 4.18. The molecule has 7 nitrogen and oxygen atoms in total. The lowest BCUT2D eigenvalue weighted by Crippen LogP contribution is -2.35. The molecule has 2 aromatic rings. The number of pyridine rings is 1. The third kappa shape index (κ3) is 5.15. The summed E-state index contributed by atoms with van der Waals surface area (Å²) in [6, 6.07) is 6.81. The minimum atomic E-state index is -0.417. The van der Waals surface area contributed by atoms with Crippen LogP contribution in [0, 0.1) is 25.2 Å². The maximum Gasteiger partial charge on any atom is 0.266 e. The van der Waals surface area contributed by atoms with Crippen molar-refractivity contribution >= 4 is 29.1 Å². The van der Waals surface area contributed by atoms with Crippen LogP contribution >= 0.6 is 11.6 Å². The SMILES string of the molecule is Cc1[nH]c(=O)c(C#N)c(C)c1CCC(=O)Nc1ccc(C(=O)N2CCCCC2)c(Cl)c1. The van der Waals surface area contributed by atoms with Crippen LogP contribution in [0.4, 0.5) is 5.69 Å². The van der Waals surface area contributed by atoms with Crippen LogP contribution in [-0.2, 0) is 11.2 Å². The number of benzene rings is 1. The van der Waals surface area contributed by atoms with Crippen LogP contribution in [0.15, 0.2) is 23.0 Å². The third-order valence-electron chi connectivity index (χ3n) is 5.65. The molecule has 2 amide bonds. The maximum atomic E-state index is 12.7. The molecule has 1 aliphatic heterocycles. The van der Waals surface area contributed by atoms with Crippen LogP contribution in [0.2, 0.25) is 5.02 Å². The molecular weight excluding hydrogens is 416 g/mol. The van der Waals surface area contributed by atoms with Crippen molar-refractivity contribution in [3.8, 4) is 6.07 Å². The lowest BCUT2D eigenvalue weighted by Gasteiger charge is -2.27. The van der Waals surface area contributed by atoms with Gasteiger partial charge in [-0.2, -0.15) is 5.26 Å². The van der Waals surface area contributed by atoms with E-state index in [9.17, 15) is 14.4 Å². The molecule has 3 rings (SSSR count). The highest BCUT2D eigenvalue weighted by atomic mass is 35.5. The number of aromatic nitrogens is 1. The summed E-state index contributed by atoms with van der Waals surface area (Å²) in [6.07, 6.45) is 3.69. The van der Waals surface area contributed by atoms with E-state index in [1.165, 1.54) is 0 Å². The maximum absolute atomic E-state index is 12.7. The van der Waals surface area contributed by atoms with Crippen molar-refractivity contribution < 1.29 is 9.59 Å². The Balaban J connectivity index is 1.65. The highest BCUT2D eigenvalue weighted by Gasteiger charge is 2.21. The number of piperidine rings is 1. The molecular formula is C23H25ClN4O3. The zero-order valence-electron chi connectivity index (χ0n) is 17.7. The number of H-pyrrole nitrogens is 1. The van der Waals surface area contributed by atoms with Crippen LogP contribution < -0.4 is 10.9 Å². The highest BCUT2D eigenvalue weighted by Crippen LogP contribution is 2.24. The van der Waals surface area contributed by atoms with E-state index in [1.54, 1.807) is 32.0 Å². The van der Waals surface area contributed by atoms with Crippen LogP contribution in [0.5, 0.6) is 0 Å². The largest absolute Gasteiger partial charge is 0.339 e. The van der Waals surface area contributed by atoms with Crippen molar-refractivity contribution in [1.82, 2.24) is 9.88 Å². The first-order valence-corrected chi connectivity index (χ1v) is 10.7. The first kappa shape index (κ1) is 22.6. The van der Waals surface area contributed by atoms with Gasteiger partial charge in [-0.3, -0.25) is 14.4 Å². The molecule has 0 atom stereocenters. The van der Waals surface area contributed by atoms with Gasteiger partial charge in [0.2, 0.25) is 5.91 Å². The van der Waals surface area contributed by atoms with E-state index in [1.807, 2.05) is 11.0 Å². The topological polar surface area (TPSA) is 106 Å². The molecule has 1 aliphatic rings. The van der Waals surface area contributed by atoms with Gasteiger partial charge in [-0.15, -0.1) is 0 Å². The second-order valence-electron chi connectivity index (χ2n) is 7.77. The molecule has 2 heterocycles. The molecule has 162 valence electrons. The first-order valence-electron chi connectivity index (χ1n) is 10.3. The molecule has 0 unspecified atom stereocenters. The summed E-state index contributed by atoms with van der Waals surface area (Å²) in [5.41, 5.74) is 2.63. The number of nitriles is 1. The number of hydrogen-bond donors (Lipinski definition) is 2. The molecule has 8 heteroatoms. The quantitative estimate of drug-likeness (QED) is 0.738. The number of carbonyl (C=O) groups is 2. The number of aryl methyl sites for hydroxylation is 1. The van der Waals surface area contributed by atoms with E-state index in [2.05, 4.69) is 10.3 Å². The average Bonchev–Trinajstić information content (AvgIpc) is 2.74. The number of nitrogens with one attached hydrogen (secondary N) is 2. The van der Waals surface area contributed by atoms with Gasteiger partial charge < -0.3 is 15.2 Å². The average molecular weight is 441 g/mol. The van der Waals surface area contributed by atoms with E-state index < -0.39 is 5.56 Å². The van der Waals surface area contributed by atoms with Gasteiger partial charge in [0.1, 0.15) is 11.6 Å². The van der Waals surface area contributed by atoms with Gasteiger partial charge in [-0.1, -0.05) is 11.6 Å². The van der Waals surface area contributed by atoms with E-state index in [4.69, 9.17) is 16.9 Å². The van der Waals surface area contributed by atoms with Crippen molar-refractivity contribution in [2.24, 2.45) is 0 Å². The molecule has 1 fully saturated rings. The van der Waals surface area contributed by atoms with Crippen molar-refractivity contribution in [3.63, 3.8) is 0 Å². The summed E-state index contributed by atoms with van der Waals surface area (Å²) in [5, 5.41) is 12.3. The summed E-state index contributed by atoms with van der Waals surface area (Å²) in [4.78, 5) is 41.4. The van der Waals surface area contributed by atoms with E-state index in [-0.39, 0.29) is 23.8 Å². The summed E-state index contributed by atoms with van der Waals surface area (Å²) in [5.74, 6) is -0.311. The summed E-state index contributed by atoms with van der Waals surface area (Å²) < 4.78 is 0. The normalized spacial score (nSPS) is 13.5. The minimum Gasteiger partial charge on any atom is -0.339 e. The smallest absolute Gasteiger partial charge is 0.266 e. The Bertz CT molecular complexity index is 1110. The molecule has 0 bridgehead atoms. The number of carbonyl (C=O) groups excluding carboxylic acids is 2. The number of aromatic amines is 1. The van der Waals surface area contributed by atoms with E-state index in [0.29, 0.717) is 34.0 Å². The van der Waals surface area contributed by atoms with Gasteiger partial charge in [0.15, 0.2) is 0 Å². The number of hydrogen-bond acceptors (Lipinski definition) is 4. The molecule has 0 radical (unpaired) electrons. The van der Waals surface area contributed by atoms with Crippen molar-refractivity contribution in [2.75, 3.05) is 18.4 Å². The monoisotopic (exact) mass is 440 g/mol. The standard InChI is InChI=1S/C23H25ClN4O3/c1-14-17(15(2)26-22(30)19(14)13-25)8-9-21(29)27-16-6-7-18(20(24)12-16)23(31)28-10-4-3-5-11-28/h6-7,12H,3-5,8-11H2,1-2H3,(H,26,30)(H,27,29). The lowest BCUT2D eigenvalue weighted by molar-refractivity contribution is -0.116. The molecule has 2 N–H and O–H groups in total. The summed E-state index contributed by atoms with van der Waals surface area (Å²) in [7, 11) is 0. The summed E-state index contributed by atoms with van der Waals surface area (Å²) >= 11 is 6.33. The Hall–Kier alpha value is -3.11. The molecule has 0 saturated carbocycles. The van der Waals surface area contributed by atoms with Gasteiger partial charge in [0, 0.05) is 30.9 Å². The molecule has 0 spiro atoms. The zero-order valence-corrected chi connectivity index (χ0v) is 18.4. The van der Waals surface area contributed by atoms with Crippen LogP contribution in [0.25, 0.3) is 0 Å². The van der Waals surface area contributed by atoms with Crippen molar-refractivity contribution in [1.29, 1.82) is 5.26 Å². The molecule has 1 saturated heterocycles. The molecule has 31 heavy (non-hydrogen) atoms. The van der Waals surface area contributed by atoms with Crippen LogP contribution in [0.1, 0.15) is 58.4 Å². The van der Waals surface area contributed by atoms with E-state index >= 15 is 0 Å². The number of amides is 2. The molecule has 0 aliphatic carbocycles.